The molecule has 4 nitrogen and oxygen atoms in total. The molecule has 1 rings (SSSR count). The van der Waals surface area contributed by atoms with Gasteiger partial charge in [-0.15, -0.1) is 0 Å². The van der Waals surface area contributed by atoms with Gasteiger partial charge in [-0.2, -0.15) is 11.3 Å². The second kappa shape index (κ2) is 6.02. The first-order chi connectivity index (χ1) is 7.88. The standard InChI is InChI=1S/C12H20N2O2S/c1-12(2,3)16-11(15)14-6-4-10(13)9-5-7-17-8-9/h5,7-8,10H,4,6,13H2,1-3H3,(H,14,15)/t10-/m0/s1. The Labute approximate surface area is 106 Å². The number of rotatable bonds is 4. The SMILES string of the molecule is CC(C)(C)OC(=O)NCC[C@H](N)c1ccsc1. The molecule has 0 unspecified atom stereocenters. The first-order valence-electron chi connectivity index (χ1n) is 5.63. The van der Waals surface area contributed by atoms with Gasteiger partial charge in [-0.05, 0) is 49.6 Å². The van der Waals surface area contributed by atoms with E-state index >= 15 is 0 Å². The molecule has 17 heavy (non-hydrogen) atoms. The minimum Gasteiger partial charge on any atom is -0.444 e. The van der Waals surface area contributed by atoms with Gasteiger partial charge in [0.15, 0.2) is 0 Å². The maximum atomic E-state index is 11.4. The number of carbonyl (C=O) groups is 1. The Morgan fingerprint density at radius 1 is 1.59 bits per heavy atom. The summed E-state index contributed by atoms with van der Waals surface area (Å²) in [4.78, 5) is 11.4. The van der Waals surface area contributed by atoms with Gasteiger partial charge in [-0.1, -0.05) is 0 Å². The van der Waals surface area contributed by atoms with E-state index < -0.39 is 11.7 Å². The van der Waals surface area contributed by atoms with Crippen LogP contribution in [0, 0.1) is 0 Å². The van der Waals surface area contributed by atoms with Crippen LogP contribution in [0.3, 0.4) is 0 Å². The molecule has 0 aliphatic heterocycles. The maximum absolute atomic E-state index is 11.4. The molecule has 0 fully saturated rings. The fourth-order valence-electron chi connectivity index (χ4n) is 1.30. The zero-order valence-electron chi connectivity index (χ0n) is 10.5. The van der Waals surface area contributed by atoms with Gasteiger partial charge in [0.25, 0.3) is 0 Å². The van der Waals surface area contributed by atoms with Crippen molar-refractivity contribution in [3.8, 4) is 0 Å². The fourth-order valence-corrected chi connectivity index (χ4v) is 2.02. The van der Waals surface area contributed by atoms with Crippen LogP contribution in [-0.2, 0) is 4.74 Å². The number of nitrogens with two attached hydrogens (primary N) is 1. The Kier molecular flexibility index (Phi) is 4.96. The molecule has 0 radical (unpaired) electrons. The van der Waals surface area contributed by atoms with Gasteiger partial charge in [0.1, 0.15) is 5.60 Å². The van der Waals surface area contributed by atoms with Gasteiger partial charge >= 0.3 is 6.09 Å². The van der Waals surface area contributed by atoms with E-state index in [1.54, 1.807) is 11.3 Å². The van der Waals surface area contributed by atoms with Crippen molar-refractivity contribution < 1.29 is 9.53 Å². The summed E-state index contributed by atoms with van der Waals surface area (Å²) in [6.45, 7) is 6.03. The van der Waals surface area contributed by atoms with Crippen LogP contribution in [0.1, 0.15) is 38.8 Å². The number of hydrogen-bond acceptors (Lipinski definition) is 4. The summed E-state index contributed by atoms with van der Waals surface area (Å²) >= 11 is 1.62. The lowest BCUT2D eigenvalue weighted by atomic mass is 10.1. The lowest BCUT2D eigenvalue weighted by molar-refractivity contribution is 0.0526. The molecule has 0 bridgehead atoms. The molecule has 1 heterocycles. The van der Waals surface area contributed by atoms with Crippen molar-refractivity contribution in [3.63, 3.8) is 0 Å². The van der Waals surface area contributed by atoms with E-state index in [1.165, 1.54) is 0 Å². The first kappa shape index (κ1) is 14.0. The molecule has 0 aromatic carbocycles. The van der Waals surface area contributed by atoms with Crippen molar-refractivity contribution in [3.05, 3.63) is 22.4 Å². The normalized spacial score (nSPS) is 13.2. The van der Waals surface area contributed by atoms with Crippen molar-refractivity contribution in [2.75, 3.05) is 6.54 Å². The van der Waals surface area contributed by atoms with Crippen molar-refractivity contribution in [1.29, 1.82) is 0 Å². The van der Waals surface area contributed by atoms with Crippen LogP contribution in [0.2, 0.25) is 0 Å². The molecular weight excluding hydrogens is 236 g/mol. The quantitative estimate of drug-likeness (QED) is 0.870. The zero-order chi connectivity index (χ0) is 12.9. The van der Waals surface area contributed by atoms with Crippen LogP contribution < -0.4 is 11.1 Å². The zero-order valence-corrected chi connectivity index (χ0v) is 11.3. The molecule has 0 aliphatic rings. The van der Waals surface area contributed by atoms with E-state index in [2.05, 4.69) is 5.32 Å². The average molecular weight is 256 g/mol. The third kappa shape index (κ3) is 5.70. The molecule has 0 saturated heterocycles. The molecule has 96 valence electrons. The number of thiophene rings is 1. The lowest BCUT2D eigenvalue weighted by Gasteiger charge is -2.20. The van der Waals surface area contributed by atoms with Gasteiger partial charge < -0.3 is 15.8 Å². The first-order valence-corrected chi connectivity index (χ1v) is 6.57. The summed E-state index contributed by atoms with van der Waals surface area (Å²) in [6, 6.07) is 1.97. The number of hydrogen-bond donors (Lipinski definition) is 2. The summed E-state index contributed by atoms with van der Waals surface area (Å²) in [7, 11) is 0. The Morgan fingerprint density at radius 2 is 2.29 bits per heavy atom. The number of alkyl carbamates (subject to hydrolysis) is 1. The fraction of sp³-hybridized carbons (Fsp3) is 0.583. The monoisotopic (exact) mass is 256 g/mol. The third-order valence-corrected chi connectivity index (χ3v) is 2.80. The van der Waals surface area contributed by atoms with Crippen molar-refractivity contribution in [1.82, 2.24) is 5.32 Å². The molecule has 1 aromatic heterocycles. The van der Waals surface area contributed by atoms with Crippen molar-refractivity contribution >= 4 is 17.4 Å². The molecule has 0 aliphatic carbocycles. The molecule has 1 atom stereocenters. The smallest absolute Gasteiger partial charge is 0.407 e. The third-order valence-electron chi connectivity index (χ3n) is 2.09. The van der Waals surface area contributed by atoms with Crippen LogP contribution >= 0.6 is 11.3 Å². The number of ether oxygens (including phenoxy) is 1. The molecule has 0 spiro atoms. The summed E-state index contributed by atoms with van der Waals surface area (Å²) in [6.07, 6.45) is 0.311. The Hall–Kier alpha value is -1.07. The molecule has 0 saturated carbocycles. The van der Waals surface area contributed by atoms with Crippen molar-refractivity contribution in [2.24, 2.45) is 5.73 Å². The minimum absolute atomic E-state index is 0.0313. The van der Waals surface area contributed by atoms with E-state index in [0.29, 0.717) is 13.0 Å². The Morgan fingerprint density at radius 3 is 2.82 bits per heavy atom. The highest BCUT2D eigenvalue weighted by Crippen LogP contribution is 2.16. The predicted molar refractivity (Wildman–Crippen MR) is 70.1 cm³/mol. The second-order valence-electron chi connectivity index (χ2n) is 4.88. The second-order valence-corrected chi connectivity index (χ2v) is 5.66. The van der Waals surface area contributed by atoms with E-state index in [4.69, 9.17) is 10.5 Å². The minimum atomic E-state index is -0.459. The molecular formula is C12H20N2O2S. The Balaban J connectivity index is 2.22. The van der Waals surface area contributed by atoms with Crippen LogP contribution in [0.4, 0.5) is 4.79 Å². The number of amides is 1. The van der Waals surface area contributed by atoms with Gasteiger partial charge in [0.2, 0.25) is 0 Å². The van der Waals surface area contributed by atoms with Crippen LogP contribution in [0.5, 0.6) is 0 Å². The largest absolute Gasteiger partial charge is 0.444 e. The highest BCUT2D eigenvalue weighted by atomic mass is 32.1. The summed E-state index contributed by atoms with van der Waals surface area (Å²) in [5.41, 5.74) is 6.62. The predicted octanol–water partition coefficient (Wildman–Crippen LogP) is 2.66. The highest BCUT2D eigenvalue weighted by molar-refractivity contribution is 7.07. The van der Waals surface area contributed by atoms with E-state index in [1.807, 2.05) is 37.6 Å². The van der Waals surface area contributed by atoms with Crippen LogP contribution in [0.25, 0.3) is 0 Å². The number of nitrogens with one attached hydrogen (secondary N) is 1. The molecule has 3 N–H and O–H groups in total. The Bertz CT molecular complexity index is 344. The van der Waals surface area contributed by atoms with Gasteiger partial charge in [0.05, 0.1) is 0 Å². The van der Waals surface area contributed by atoms with Gasteiger partial charge in [-0.25, -0.2) is 4.79 Å². The van der Waals surface area contributed by atoms with Gasteiger partial charge in [-0.3, -0.25) is 0 Å². The summed E-state index contributed by atoms with van der Waals surface area (Å²) < 4.78 is 5.12. The summed E-state index contributed by atoms with van der Waals surface area (Å²) in [5.74, 6) is 0. The average Bonchev–Trinajstić information content (AvgIpc) is 2.66. The van der Waals surface area contributed by atoms with E-state index in [-0.39, 0.29) is 6.04 Å². The van der Waals surface area contributed by atoms with E-state index in [0.717, 1.165) is 5.56 Å². The van der Waals surface area contributed by atoms with Crippen LogP contribution in [0.15, 0.2) is 16.8 Å². The molecule has 5 heteroatoms. The van der Waals surface area contributed by atoms with E-state index in [9.17, 15) is 4.79 Å². The van der Waals surface area contributed by atoms with Gasteiger partial charge in [0, 0.05) is 12.6 Å². The molecule has 1 amide bonds. The maximum Gasteiger partial charge on any atom is 0.407 e. The number of carbonyl (C=O) groups excluding carboxylic acids is 1. The lowest BCUT2D eigenvalue weighted by Crippen LogP contribution is -2.33. The summed E-state index contributed by atoms with van der Waals surface area (Å²) in [5, 5.41) is 6.72. The molecule has 1 aromatic rings. The van der Waals surface area contributed by atoms with Crippen molar-refractivity contribution in [2.45, 2.75) is 38.8 Å². The highest BCUT2D eigenvalue weighted by Gasteiger charge is 2.16. The topological polar surface area (TPSA) is 64.3 Å². The van der Waals surface area contributed by atoms with Crippen LogP contribution in [-0.4, -0.2) is 18.2 Å².